The summed E-state index contributed by atoms with van der Waals surface area (Å²) in [6.45, 7) is 1.68. The Labute approximate surface area is 201 Å². The smallest absolute Gasteiger partial charge is 0.163 e. The second-order valence-corrected chi connectivity index (χ2v) is 8.48. The molecule has 0 aliphatic carbocycles. The van der Waals surface area contributed by atoms with Crippen LogP contribution in [0.25, 0.3) is 11.0 Å². The molecule has 0 spiro atoms. The molecule has 0 saturated carbocycles. The Morgan fingerprint density at radius 2 is 1.78 bits per heavy atom. The summed E-state index contributed by atoms with van der Waals surface area (Å²) in [4.78, 5) is 7.93. The average Bonchev–Trinajstić information content (AvgIpc) is 3.21. The number of fused-ring (bicyclic) bond motifs is 1. The largest absolute Gasteiger partial charge is 0.493 e. The SMILES string of the molecule is COc1cc(CNCCc2nc3ccccc3[nH]2)c(Cl)cc1OCc1ccc(Cl)c(Cl)c1. The quantitative estimate of drug-likeness (QED) is 0.265. The number of aromatic nitrogens is 2. The second kappa shape index (κ2) is 10.5. The molecular formula is C24H22Cl3N3O2. The normalized spacial score (nSPS) is 11.1. The number of methoxy groups -OCH3 is 1. The highest BCUT2D eigenvalue weighted by Crippen LogP contribution is 2.34. The van der Waals surface area contributed by atoms with Gasteiger partial charge in [0.15, 0.2) is 11.5 Å². The van der Waals surface area contributed by atoms with Crippen LogP contribution in [0.1, 0.15) is 17.0 Å². The van der Waals surface area contributed by atoms with Crippen LogP contribution in [0.5, 0.6) is 11.5 Å². The number of hydrogen-bond acceptors (Lipinski definition) is 4. The van der Waals surface area contributed by atoms with E-state index >= 15 is 0 Å². The standard InChI is InChI=1S/C24H22Cl3N3O2/c1-31-22-11-16(13-28-9-8-24-29-20-4-2-3-5-21(20)30-24)18(26)12-23(22)32-14-15-6-7-17(25)19(27)10-15/h2-7,10-12,28H,8-9,13-14H2,1H3,(H,29,30). The Bertz CT molecular complexity index is 1190. The predicted molar refractivity (Wildman–Crippen MR) is 130 cm³/mol. The lowest BCUT2D eigenvalue weighted by Gasteiger charge is -2.14. The summed E-state index contributed by atoms with van der Waals surface area (Å²) in [5, 5.41) is 5.01. The van der Waals surface area contributed by atoms with Crippen LogP contribution in [0.3, 0.4) is 0 Å². The van der Waals surface area contributed by atoms with Gasteiger partial charge in [-0.3, -0.25) is 0 Å². The average molecular weight is 491 g/mol. The fourth-order valence-corrected chi connectivity index (χ4v) is 3.87. The Morgan fingerprint density at radius 3 is 2.56 bits per heavy atom. The van der Waals surface area contributed by atoms with Gasteiger partial charge in [0, 0.05) is 30.6 Å². The number of nitrogens with one attached hydrogen (secondary N) is 2. The van der Waals surface area contributed by atoms with E-state index in [2.05, 4.69) is 15.3 Å². The van der Waals surface area contributed by atoms with Crippen molar-refractivity contribution in [3.05, 3.63) is 86.6 Å². The number of para-hydroxylation sites is 2. The first-order valence-electron chi connectivity index (χ1n) is 10.1. The van der Waals surface area contributed by atoms with Crippen molar-refractivity contribution in [2.24, 2.45) is 0 Å². The first-order chi connectivity index (χ1) is 15.5. The number of rotatable bonds is 9. The van der Waals surface area contributed by atoms with E-state index < -0.39 is 0 Å². The van der Waals surface area contributed by atoms with E-state index in [1.807, 2.05) is 36.4 Å². The summed E-state index contributed by atoms with van der Waals surface area (Å²) in [6.07, 6.45) is 0.786. The summed E-state index contributed by atoms with van der Waals surface area (Å²) in [5.74, 6) is 2.13. The molecule has 1 heterocycles. The van der Waals surface area contributed by atoms with Gasteiger partial charge in [-0.2, -0.15) is 0 Å². The molecule has 5 nitrogen and oxygen atoms in total. The van der Waals surface area contributed by atoms with Gasteiger partial charge in [-0.25, -0.2) is 4.98 Å². The summed E-state index contributed by atoms with van der Waals surface area (Å²) in [7, 11) is 1.61. The molecule has 0 atom stereocenters. The first-order valence-corrected chi connectivity index (χ1v) is 11.2. The highest BCUT2D eigenvalue weighted by Gasteiger charge is 2.12. The minimum absolute atomic E-state index is 0.318. The molecule has 0 bridgehead atoms. The van der Waals surface area contributed by atoms with Crippen LogP contribution in [0.2, 0.25) is 15.1 Å². The van der Waals surface area contributed by atoms with Crippen LogP contribution in [0.4, 0.5) is 0 Å². The van der Waals surface area contributed by atoms with Crippen molar-refractivity contribution in [1.82, 2.24) is 15.3 Å². The van der Waals surface area contributed by atoms with Gasteiger partial charge >= 0.3 is 0 Å². The Kier molecular flexibility index (Phi) is 7.43. The van der Waals surface area contributed by atoms with Crippen LogP contribution in [-0.2, 0) is 19.6 Å². The summed E-state index contributed by atoms with van der Waals surface area (Å²) in [6, 6.07) is 17.0. The molecule has 166 valence electrons. The van der Waals surface area contributed by atoms with Crippen molar-refractivity contribution < 1.29 is 9.47 Å². The third-order valence-electron chi connectivity index (χ3n) is 5.00. The highest BCUT2D eigenvalue weighted by molar-refractivity contribution is 6.42. The third kappa shape index (κ3) is 5.48. The molecule has 2 N–H and O–H groups in total. The van der Waals surface area contributed by atoms with Gasteiger partial charge in [0.1, 0.15) is 12.4 Å². The van der Waals surface area contributed by atoms with E-state index in [1.54, 1.807) is 25.3 Å². The van der Waals surface area contributed by atoms with E-state index in [9.17, 15) is 0 Å². The molecule has 0 amide bonds. The molecule has 1 aromatic heterocycles. The number of H-pyrrole nitrogens is 1. The lowest BCUT2D eigenvalue weighted by atomic mass is 10.2. The van der Waals surface area contributed by atoms with E-state index in [0.717, 1.165) is 41.0 Å². The number of halogens is 3. The van der Waals surface area contributed by atoms with Gasteiger partial charge in [0.25, 0.3) is 0 Å². The van der Waals surface area contributed by atoms with Gasteiger partial charge in [-0.1, -0.05) is 53.0 Å². The van der Waals surface area contributed by atoms with Gasteiger partial charge in [0.2, 0.25) is 0 Å². The third-order valence-corrected chi connectivity index (χ3v) is 6.09. The van der Waals surface area contributed by atoms with Crippen molar-refractivity contribution in [2.45, 2.75) is 19.6 Å². The van der Waals surface area contributed by atoms with Gasteiger partial charge in [0.05, 0.1) is 28.2 Å². The Balaban J connectivity index is 1.35. The Hall–Kier alpha value is -2.44. The lowest BCUT2D eigenvalue weighted by molar-refractivity contribution is 0.284. The summed E-state index contributed by atoms with van der Waals surface area (Å²) in [5.41, 5.74) is 3.85. The van der Waals surface area contributed by atoms with Gasteiger partial charge < -0.3 is 19.8 Å². The molecule has 0 saturated heterocycles. The van der Waals surface area contributed by atoms with Crippen LogP contribution in [-0.4, -0.2) is 23.6 Å². The molecule has 4 aromatic rings. The van der Waals surface area contributed by atoms with Crippen molar-refractivity contribution >= 4 is 45.8 Å². The monoisotopic (exact) mass is 489 g/mol. The topological polar surface area (TPSA) is 59.2 Å². The van der Waals surface area contributed by atoms with Gasteiger partial charge in [-0.05, 0) is 41.5 Å². The number of ether oxygens (including phenoxy) is 2. The number of hydrogen-bond donors (Lipinski definition) is 2. The van der Waals surface area contributed by atoms with Crippen molar-refractivity contribution in [3.63, 3.8) is 0 Å². The molecule has 8 heteroatoms. The fraction of sp³-hybridized carbons (Fsp3) is 0.208. The minimum Gasteiger partial charge on any atom is -0.493 e. The fourth-order valence-electron chi connectivity index (χ4n) is 3.33. The number of imidazole rings is 1. The maximum absolute atomic E-state index is 6.50. The zero-order valence-electron chi connectivity index (χ0n) is 17.4. The Morgan fingerprint density at radius 1 is 0.938 bits per heavy atom. The maximum atomic E-state index is 6.50. The van der Waals surface area contributed by atoms with Crippen molar-refractivity contribution in [3.8, 4) is 11.5 Å². The predicted octanol–water partition coefficient (Wildman–Crippen LogP) is 6.44. The van der Waals surface area contributed by atoms with Crippen LogP contribution >= 0.6 is 34.8 Å². The van der Waals surface area contributed by atoms with E-state index in [0.29, 0.717) is 39.7 Å². The number of aromatic amines is 1. The molecule has 0 unspecified atom stereocenters. The molecule has 0 fully saturated rings. The zero-order chi connectivity index (χ0) is 22.5. The molecule has 4 rings (SSSR count). The molecule has 3 aromatic carbocycles. The minimum atomic E-state index is 0.318. The lowest BCUT2D eigenvalue weighted by Crippen LogP contribution is -2.17. The van der Waals surface area contributed by atoms with Crippen molar-refractivity contribution in [2.75, 3.05) is 13.7 Å². The zero-order valence-corrected chi connectivity index (χ0v) is 19.7. The molecular weight excluding hydrogens is 469 g/mol. The molecule has 0 radical (unpaired) electrons. The second-order valence-electron chi connectivity index (χ2n) is 7.26. The molecule has 0 aliphatic rings. The highest BCUT2D eigenvalue weighted by atomic mass is 35.5. The summed E-state index contributed by atoms with van der Waals surface area (Å²) < 4.78 is 11.4. The first kappa shape index (κ1) is 22.7. The van der Waals surface area contributed by atoms with E-state index in [4.69, 9.17) is 44.3 Å². The van der Waals surface area contributed by atoms with Crippen LogP contribution in [0.15, 0.2) is 54.6 Å². The maximum Gasteiger partial charge on any atom is 0.163 e. The van der Waals surface area contributed by atoms with Gasteiger partial charge in [-0.15, -0.1) is 0 Å². The van der Waals surface area contributed by atoms with Crippen LogP contribution < -0.4 is 14.8 Å². The molecule has 32 heavy (non-hydrogen) atoms. The number of benzene rings is 3. The van der Waals surface area contributed by atoms with Crippen LogP contribution in [0, 0.1) is 0 Å². The number of nitrogens with zero attached hydrogens (tertiary/aromatic N) is 1. The van der Waals surface area contributed by atoms with Crippen molar-refractivity contribution in [1.29, 1.82) is 0 Å². The van der Waals surface area contributed by atoms with E-state index in [-0.39, 0.29) is 0 Å². The molecule has 0 aliphatic heterocycles. The van der Waals surface area contributed by atoms with E-state index in [1.165, 1.54) is 0 Å². The summed E-state index contributed by atoms with van der Waals surface area (Å²) >= 11 is 18.5.